The maximum Gasteiger partial charge on any atom is 0.0409 e. The third-order valence-electron chi connectivity index (χ3n) is 2.60. The minimum absolute atomic E-state index is 0.847. The minimum Gasteiger partial charge on any atom is -0.299 e. The van der Waals surface area contributed by atoms with Crippen molar-refractivity contribution in [3.63, 3.8) is 0 Å². The fourth-order valence-corrected chi connectivity index (χ4v) is 2.55. The highest BCUT2D eigenvalue weighted by Gasteiger charge is 2.13. The Labute approximate surface area is 104 Å². The topological polar surface area (TPSA) is 3.24 Å². The maximum atomic E-state index is 5.98. The van der Waals surface area contributed by atoms with Crippen LogP contribution in [-0.2, 0) is 6.54 Å². The molecule has 1 heterocycles. The lowest BCUT2D eigenvalue weighted by molar-refractivity contribution is 0.331. The molecule has 1 nitrogen and oxygen atoms in total. The Morgan fingerprint density at radius 2 is 2.00 bits per heavy atom. The molecule has 0 N–H and O–H groups in total. The van der Waals surface area contributed by atoms with Crippen LogP contribution < -0.4 is 0 Å². The number of nitrogens with zero attached hydrogens (tertiary/aromatic N) is 1. The third-order valence-corrected chi connectivity index (χ3v) is 3.89. The van der Waals surface area contributed by atoms with Crippen molar-refractivity contribution in [3.05, 3.63) is 32.4 Å². The van der Waals surface area contributed by atoms with E-state index in [4.69, 9.17) is 11.6 Å². The molecular weight excluding hydrogens is 308 g/mol. The summed E-state index contributed by atoms with van der Waals surface area (Å²) in [6, 6.07) is 6.13. The lowest BCUT2D eigenvalue weighted by Crippen LogP contribution is -2.18. The largest absolute Gasteiger partial charge is 0.299 e. The van der Waals surface area contributed by atoms with Crippen LogP contribution in [0.2, 0.25) is 5.02 Å². The van der Waals surface area contributed by atoms with Crippen LogP contribution in [-0.4, -0.2) is 18.0 Å². The van der Waals surface area contributed by atoms with Crippen LogP contribution in [0.5, 0.6) is 0 Å². The van der Waals surface area contributed by atoms with E-state index in [0.29, 0.717) is 0 Å². The lowest BCUT2D eigenvalue weighted by atomic mass is 10.2. The highest BCUT2D eigenvalue weighted by molar-refractivity contribution is 14.1. The molecule has 0 saturated carbocycles. The van der Waals surface area contributed by atoms with Crippen LogP contribution in [0.4, 0.5) is 0 Å². The zero-order valence-corrected chi connectivity index (χ0v) is 10.9. The van der Waals surface area contributed by atoms with Crippen LogP contribution >= 0.6 is 34.2 Å². The molecule has 0 aliphatic carbocycles. The van der Waals surface area contributed by atoms with E-state index in [0.717, 1.165) is 11.6 Å². The van der Waals surface area contributed by atoms with Crippen molar-refractivity contribution in [1.29, 1.82) is 0 Å². The second-order valence-corrected chi connectivity index (χ2v) is 5.32. The molecule has 0 atom stereocenters. The van der Waals surface area contributed by atoms with Crippen molar-refractivity contribution < 1.29 is 0 Å². The molecule has 0 radical (unpaired) electrons. The summed E-state index contributed by atoms with van der Waals surface area (Å²) in [7, 11) is 0. The van der Waals surface area contributed by atoms with Crippen molar-refractivity contribution in [2.24, 2.45) is 0 Å². The van der Waals surface area contributed by atoms with Gasteiger partial charge in [0.15, 0.2) is 0 Å². The van der Waals surface area contributed by atoms with Gasteiger partial charge < -0.3 is 0 Å². The van der Waals surface area contributed by atoms with Gasteiger partial charge in [0.1, 0.15) is 0 Å². The monoisotopic (exact) mass is 321 g/mol. The average Bonchev–Trinajstić information content (AvgIpc) is 2.64. The summed E-state index contributed by atoms with van der Waals surface area (Å²) in [5, 5.41) is 0.847. The molecule has 1 saturated heterocycles. The summed E-state index contributed by atoms with van der Waals surface area (Å²) < 4.78 is 1.32. The van der Waals surface area contributed by atoms with E-state index in [2.05, 4.69) is 39.6 Å². The van der Waals surface area contributed by atoms with E-state index in [-0.39, 0.29) is 0 Å². The molecule has 0 aromatic heterocycles. The van der Waals surface area contributed by atoms with Crippen molar-refractivity contribution in [2.45, 2.75) is 19.4 Å². The highest BCUT2D eigenvalue weighted by Crippen LogP contribution is 2.21. The molecule has 1 aromatic carbocycles. The van der Waals surface area contributed by atoms with Gasteiger partial charge in [-0.2, -0.15) is 0 Å². The fourth-order valence-electron chi connectivity index (χ4n) is 1.85. The Hall–Kier alpha value is 0.200. The number of halogens is 2. The van der Waals surface area contributed by atoms with E-state index in [1.165, 1.54) is 35.1 Å². The van der Waals surface area contributed by atoms with Crippen molar-refractivity contribution in [3.8, 4) is 0 Å². The first-order valence-electron chi connectivity index (χ1n) is 4.92. The summed E-state index contributed by atoms with van der Waals surface area (Å²) in [6.07, 6.45) is 2.69. The Kier molecular flexibility index (Phi) is 3.68. The quantitative estimate of drug-likeness (QED) is 0.753. The number of likely N-dealkylation sites (tertiary alicyclic amines) is 1. The number of hydrogen-bond donors (Lipinski definition) is 0. The van der Waals surface area contributed by atoms with Gasteiger partial charge in [-0.25, -0.2) is 0 Å². The van der Waals surface area contributed by atoms with Gasteiger partial charge in [0.25, 0.3) is 0 Å². The molecule has 2 rings (SSSR count). The Morgan fingerprint density at radius 1 is 1.29 bits per heavy atom. The summed E-state index contributed by atoms with van der Waals surface area (Å²) in [6.45, 7) is 3.53. The van der Waals surface area contributed by atoms with E-state index in [9.17, 15) is 0 Å². The SMILES string of the molecule is Clc1ccc(I)c(CN2CCCC2)c1. The fraction of sp³-hybridized carbons (Fsp3) is 0.455. The molecule has 1 aliphatic heterocycles. The van der Waals surface area contributed by atoms with Crippen LogP contribution in [0, 0.1) is 3.57 Å². The normalized spacial score (nSPS) is 17.6. The molecule has 1 aromatic rings. The molecule has 14 heavy (non-hydrogen) atoms. The van der Waals surface area contributed by atoms with Crippen molar-refractivity contribution in [1.82, 2.24) is 4.90 Å². The first-order valence-corrected chi connectivity index (χ1v) is 6.37. The minimum atomic E-state index is 0.847. The van der Waals surface area contributed by atoms with E-state index in [1.807, 2.05) is 6.07 Å². The first kappa shape index (κ1) is 10.7. The van der Waals surface area contributed by atoms with Gasteiger partial charge in [0.05, 0.1) is 0 Å². The Morgan fingerprint density at radius 3 is 2.71 bits per heavy atom. The molecule has 76 valence electrons. The predicted molar refractivity (Wildman–Crippen MR) is 68.7 cm³/mol. The zero-order chi connectivity index (χ0) is 9.97. The summed E-state index contributed by atoms with van der Waals surface area (Å²) in [4.78, 5) is 2.49. The first-order chi connectivity index (χ1) is 6.75. The standard InChI is InChI=1S/C11H13ClIN/c12-10-3-4-11(13)9(7-10)8-14-5-1-2-6-14/h3-4,7H,1-2,5-6,8H2. The Bertz CT molecular complexity index is 321. The molecule has 1 fully saturated rings. The molecular formula is C11H13ClIN. The van der Waals surface area contributed by atoms with Gasteiger partial charge in [-0.05, 0) is 72.3 Å². The second-order valence-electron chi connectivity index (χ2n) is 3.72. The summed E-state index contributed by atoms with van der Waals surface area (Å²) in [5.41, 5.74) is 1.36. The molecule has 0 spiro atoms. The van der Waals surface area contributed by atoms with Gasteiger partial charge in [-0.15, -0.1) is 0 Å². The predicted octanol–water partition coefficient (Wildman–Crippen LogP) is 3.54. The lowest BCUT2D eigenvalue weighted by Gasteiger charge is -2.15. The Balaban J connectivity index is 2.10. The van der Waals surface area contributed by atoms with Gasteiger partial charge in [-0.1, -0.05) is 11.6 Å². The highest BCUT2D eigenvalue weighted by atomic mass is 127. The molecule has 0 amide bonds. The van der Waals surface area contributed by atoms with Crippen molar-refractivity contribution in [2.75, 3.05) is 13.1 Å². The molecule has 0 unspecified atom stereocenters. The van der Waals surface area contributed by atoms with Gasteiger partial charge in [0.2, 0.25) is 0 Å². The average molecular weight is 322 g/mol. The molecule has 3 heteroatoms. The van der Waals surface area contributed by atoms with E-state index >= 15 is 0 Å². The number of rotatable bonds is 2. The number of hydrogen-bond acceptors (Lipinski definition) is 1. The third kappa shape index (κ3) is 2.61. The smallest absolute Gasteiger partial charge is 0.0409 e. The molecule has 0 bridgehead atoms. The van der Waals surface area contributed by atoms with E-state index < -0.39 is 0 Å². The van der Waals surface area contributed by atoms with E-state index in [1.54, 1.807) is 0 Å². The van der Waals surface area contributed by atoms with Crippen LogP contribution in [0.1, 0.15) is 18.4 Å². The molecule has 1 aliphatic rings. The summed E-state index contributed by atoms with van der Waals surface area (Å²) in [5.74, 6) is 0. The number of benzene rings is 1. The van der Waals surface area contributed by atoms with Gasteiger partial charge >= 0.3 is 0 Å². The van der Waals surface area contributed by atoms with Crippen molar-refractivity contribution >= 4 is 34.2 Å². The van der Waals surface area contributed by atoms with Gasteiger partial charge in [-0.3, -0.25) is 4.90 Å². The second kappa shape index (κ2) is 4.81. The van der Waals surface area contributed by atoms with Crippen LogP contribution in [0.25, 0.3) is 0 Å². The zero-order valence-electron chi connectivity index (χ0n) is 7.97. The maximum absolute atomic E-state index is 5.98. The van der Waals surface area contributed by atoms with Crippen LogP contribution in [0.15, 0.2) is 18.2 Å². The summed E-state index contributed by atoms with van der Waals surface area (Å²) >= 11 is 8.36. The van der Waals surface area contributed by atoms with Crippen LogP contribution in [0.3, 0.4) is 0 Å². The van der Waals surface area contributed by atoms with Gasteiger partial charge in [0, 0.05) is 15.1 Å².